The number of carbonyl (C=O) groups is 1. The Labute approximate surface area is 124 Å². The summed E-state index contributed by atoms with van der Waals surface area (Å²) in [6, 6.07) is 8.93. The van der Waals surface area contributed by atoms with Gasteiger partial charge in [-0.1, -0.05) is 54.7 Å². The van der Waals surface area contributed by atoms with Gasteiger partial charge in [0.15, 0.2) is 5.54 Å². The number of carboxylic acids is 1. The van der Waals surface area contributed by atoms with Crippen molar-refractivity contribution in [1.29, 1.82) is 0 Å². The van der Waals surface area contributed by atoms with E-state index in [1.807, 2.05) is 0 Å². The Morgan fingerprint density at radius 2 is 1.90 bits per heavy atom. The summed E-state index contributed by atoms with van der Waals surface area (Å²) in [5.41, 5.74) is 12.9. The largest absolute Gasteiger partial charge is 0.480 e. The minimum atomic E-state index is -1.53. The maximum Gasteiger partial charge on any atom is 0.319 e. The first-order valence-electron chi connectivity index (χ1n) is 7.11. The van der Waals surface area contributed by atoms with E-state index in [0.29, 0.717) is 11.6 Å². The van der Waals surface area contributed by atoms with Crippen LogP contribution in [-0.4, -0.2) is 17.1 Å². The van der Waals surface area contributed by atoms with Crippen molar-refractivity contribution in [2.24, 2.45) is 10.8 Å². The van der Waals surface area contributed by atoms with Crippen LogP contribution in [0.5, 0.6) is 0 Å². The van der Waals surface area contributed by atoms with Crippen LogP contribution in [0.15, 0.2) is 35.4 Å². The molecule has 0 heterocycles. The molecule has 1 aromatic carbocycles. The van der Waals surface area contributed by atoms with E-state index in [-0.39, 0.29) is 0 Å². The lowest BCUT2D eigenvalue weighted by molar-refractivity contribution is -0.142. The topological polar surface area (TPSA) is 112 Å². The quantitative estimate of drug-likeness (QED) is 0.504. The summed E-state index contributed by atoms with van der Waals surface area (Å²) in [7, 11) is 0. The average molecular weight is 290 g/mol. The number of carboxylic acid groups (broad SMARTS) is 1. The second-order valence-corrected chi connectivity index (χ2v) is 5.33. The third-order valence-corrected chi connectivity index (χ3v) is 3.65. The highest BCUT2D eigenvalue weighted by atomic mass is 16.4. The van der Waals surface area contributed by atoms with E-state index in [0.717, 1.165) is 0 Å². The lowest BCUT2D eigenvalue weighted by Gasteiger charge is -2.18. The van der Waals surface area contributed by atoms with Gasteiger partial charge in [0.1, 0.15) is 0 Å². The van der Waals surface area contributed by atoms with Crippen LogP contribution >= 0.6 is 0 Å². The fourth-order valence-electron chi connectivity index (χ4n) is 2.21. The third-order valence-electron chi connectivity index (χ3n) is 3.65. The van der Waals surface area contributed by atoms with E-state index >= 15 is 0 Å². The molecule has 1 aliphatic carbocycles. The molecular weight excluding hydrogens is 268 g/mol. The smallest absolute Gasteiger partial charge is 0.319 e. The summed E-state index contributed by atoms with van der Waals surface area (Å²) in [6.45, 7) is 1.37. The van der Waals surface area contributed by atoms with Crippen molar-refractivity contribution in [1.82, 2.24) is 0 Å². The molecule has 1 fully saturated rings. The van der Waals surface area contributed by atoms with Crippen molar-refractivity contribution in [3.05, 3.63) is 46.3 Å². The van der Waals surface area contributed by atoms with Gasteiger partial charge in [0.25, 0.3) is 0 Å². The minimum absolute atomic E-state index is 0.463. The first kappa shape index (κ1) is 17.0. The number of rotatable bonds is 3. The highest BCUT2D eigenvalue weighted by molar-refractivity contribution is 5.80. The van der Waals surface area contributed by atoms with Gasteiger partial charge in [-0.2, -0.15) is 0 Å². The van der Waals surface area contributed by atoms with Crippen LogP contribution in [0.25, 0.3) is 10.4 Å². The molecule has 0 aliphatic heterocycles. The van der Waals surface area contributed by atoms with Crippen LogP contribution in [0.4, 0.5) is 0 Å². The number of aliphatic carboxylic acids is 1. The van der Waals surface area contributed by atoms with Crippen LogP contribution in [0, 0.1) is 0 Å². The molecule has 2 rings (SSSR count). The van der Waals surface area contributed by atoms with Crippen LogP contribution < -0.4 is 5.73 Å². The Balaban J connectivity index is 0.000000262. The minimum Gasteiger partial charge on any atom is -0.480 e. The van der Waals surface area contributed by atoms with Gasteiger partial charge in [-0.15, -0.1) is 0 Å². The fourth-order valence-corrected chi connectivity index (χ4v) is 2.21. The molecule has 1 saturated carbocycles. The SMILES string of the molecule is C[C@](N=[N+]=[N-])(C(=O)O)c1ccccc1.NC1CCCCC1. The molecule has 3 N–H and O–H groups in total. The van der Waals surface area contributed by atoms with E-state index in [2.05, 4.69) is 10.0 Å². The Bertz CT molecular complexity index is 490. The highest BCUT2D eigenvalue weighted by Crippen LogP contribution is 2.25. The number of hydrogen-bond acceptors (Lipinski definition) is 3. The first-order valence-corrected chi connectivity index (χ1v) is 7.11. The van der Waals surface area contributed by atoms with Crippen LogP contribution in [-0.2, 0) is 10.3 Å². The predicted octanol–water partition coefficient (Wildman–Crippen LogP) is 3.57. The van der Waals surface area contributed by atoms with Crippen LogP contribution in [0.1, 0.15) is 44.6 Å². The normalized spacial score (nSPS) is 17.6. The molecule has 114 valence electrons. The van der Waals surface area contributed by atoms with E-state index in [1.54, 1.807) is 30.3 Å². The highest BCUT2D eigenvalue weighted by Gasteiger charge is 2.33. The molecule has 6 nitrogen and oxygen atoms in total. The molecule has 0 saturated heterocycles. The number of nitrogens with two attached hydrogens (primary N) is 1. The number of nitrogens with zero attached hydrogens (tertiary/aromatic N) is 3. The van der Waals surface area contributed by atoms with E-state index in [1.165, 1.54) is 39.0 Å². The maximum absolute atomic E-state index is 10.9. The lowest BCUT2D eigenvalue weighted by Crippen LogP contribution is -2.29. The molecule has 21 heavy (non-hydrogen) atoms. The van der Waals surface area contributed by atoms with Crippen molar-refractivity contribution in [3.63, 3.8) is 0 Å². The van der Waals surface area contributed by atoms with Gasteiger partial charge in [0.2, 0.25) is 0 Å². The van der Waals surface area contributed by atoms with E-state index in [4.69, 9.17) is 16.4 Å². The lowest BCUT2D eigenvalue weighted by atomic mass is 9.93. The van der Waals surface area contributed by atoms with Crippen molar-refractivity contribution in [2.75, 3.05) is 0 Å². The molecule has 0 unspecified atom stereocenters. The standard InChI is InChI=1S/C9H9N3O2.C6H13N/c1-9(8(13)14,11-12-10)7-5-3-2-4-6-7;7-6-4-2-1-3-5-6/h2-6H,1H3,(H,13,14);6H,1-5,7H2/t9-;/m1./s1. The molecular formula is C15H22N4O2. The van der Waals surface area contributed by atoms with Crippen LogP contribution in [0.3, 0.4) is 0 Å². The first-order chi connectivity index (χ1) is 10.0. The summed E-state index contributed by atoms with van der Waals surface area (Å²) in [6.07, 6.45) is 6.66. The second kappa shape index (κ2) is 8.29. The molecule has 0 radical (unpaired) electrons. The predicted molar refractivity (Wildman–Crippen MR) is 81.6 cm³/mol. The Morgan fingerprint density at radius 3 is 2.29 bits per heavy atom. The van der Waals surface area contributed by atoms with E-state index in [9.17, 15) is 4.79 Å². The molecule has 1 aliphatic rings. The molecule has 0 amide bonds. The fraction of sp³-hybridized carbons (Fsp3) is 0.533. The van der Waals surface area contributed by atoms with Crippen molar-refractivity contribution < 1.29 is 9.90 Å². The zero-order valence-electron chi connectivity index (χ0n) is 12.3. The van der Waals surface area contributed by atoms with Gasteiger partial charge >= 0.3 is 5.97 Å². The molecule has 0 bridgehead atoms. The molecule has 1 aromatic rings. The van der Waals surface area contributed by atoms with Crippen LogP contribution in [0.2, 0.25) is 0 Å². The zero-order valence-corrected chi connectivity index (χ0v) is 12.3. The van der Waals surface area contributed by atoms with Gasteiger partial charge in [-0.25, -0.2) is 0 Å². The molecule has 0 aromatic heterocycles. The number of benzene rings is 1. The summed E-state index contributed by atoms with van der Waals surface area (Å²) in [5.74, 6) is -1.17. The zero-order chi connectivity index (χ0) is 15.7. The Morgan fingerprint density at radius 1 is 1.33 bits per heavy atom. The van der Waals surface area contributed by atoms with Gasteiger partial charge in [0.05, 0.1) is 0 Å². The van der Waals surface area contributed by atoms with Crippen molar-refractivity contribution in [3.8, 4) is 0 Å². The van der Waals surface area contributed by atoms with Gasteiger partial charge in [-0.05, 0) is 30.9 Å². The van der Waals surface area contributed by atoms with E-state index < -0.39 is 11.5 Å². The second-order valence-electron chi connectivity index (χ2n) is 5.33. The molecule has 1 atom stereocenters. The van der Waals surface area contributed by atoms with Crippen molar-refractivity contribution >= 4 is 5.97 Å². The Kier molecular flexibility index (Phi) is 6.72. The number of azide groups is 1. The van der Waals surface area contributed by atoms with Crippen molar-refractivity contribution in [2.45, 2.75) is 50.6 Å². The molecule has 6 heteroatoms. The monoisotopic (exact) mass is 290 g/mol. The third kappa shape index (κ3) is 5.10. The summed E-state index contributed by atoms with van der Waals surface area (Å²) >= 11 is 0. The Hall–Kier alpha value is -2.04. The van der Waals surface area contributed by atoms with Gasteiger partial charge in [0, 0.05) is 11.0 Å². The maximum atomic E-state index is 10.9. The summed E-state index contributed by atoms with van der Waals surface area (Å²) in [5, 5.41) is 12.3. The van der Waals surface area contributed by atoms with Gasteiger partial charge in [-0.3, -0.25) is 4.79 Å². The number of hydrogen-bond donors (Lipinski definition) is 2. The average Bonchev–Trinajstić information content (AvgIpc) is 2.49. The summed E-state index contributed by atoms with van der Waals surface area (Å²) < 4.78 is 0. The molecule has 0 spiro atoms. The van der Waals surface area contributed by atoms with Gasteiger partial charge < -0.3 is 10.8 Å². The summed E-state index contributed by atoms with van der Waals surface area (Å²) in [4.78, 5) is 13.5.